The molecule has 1 aromatic heterocycles. The van der Waals surface area contributed by atoms with E-state index in [-0.39, 0.29) is 5.54 Å². The molecular formula is C12H22N4. The van der Waals surface area contributed by atoms with Gasteiger partial charge < -0.3 is 15.2 Å². The highest BCUT2D eigenvalue weighted by atomic mass is 15.2. The van der Waals surface area contributed by atoms with Gasteiger partial charge in [-0.1, -0.05) is 13.8 Å². The highest BCUT2D eigenvalue weighted by Gasteiger charge is 2.35. The zero-order valence-corrected chi connectivity index (χ0v) is 10.5. The predicted molar refractivity (Wildman–Crippen MR) is 65.4 cm³/mol. The van der Waals surface area contributed by atoms with Crippen LogP contribution in [0.3, 0.4) is 0 Å². The number of aromatic amines is 1. The lowest BCUT2D eigenvalue weighted by Crippen LogP contribution is -2.52. The zero-order chi connectivity index (χ0) is 11.6. The number of nitrogens with one attached hydrogen (secondary N) is 2. The first-order chi connectivity index (χ1) is 7.69. The lowest BCUT2D eigenvalue weighted by Gasteiger charge is -2.37. The second-order valence-electron chi connectivity index (χ2n) is 4.70. The number of rotatable bonds is 4. The van der Waals surface area contributed by atoms with E-state index in [4.69, 9.17) is 0 Å². The van der Waals surface area contributed by atoms with Crippen molar-refractivity contribution in [2.24, 2.45) is 0 Å². The third kappa shape index (κ3) is 1.99. The number of likely N-dealkylation sites (N-methyl/N-ethyl adjacent to an activating group) is 1. The normalized spacial score (nSPS) is 24.8. The van der Waals surface area contributed by atoms with Crippen molar-refractivity contribution in [3.05, 3.63) is 17.7 Å². The smallest absolute Gasteiger partial charge is 0.0926 e. The van der Waals surface area contributed by atoms with Crippen molar-refractivity contribution in [2.75, 3.05) is 26.2 Å². The van der Waals surface area contributed by atoms with E-state index in [9.17, 15) is 0 Å². The maximum absolute atomic E-state index is 4.49. The summed E-state index contributed by atoms with van der Waals surface area (Å²) in [6.45, 7) is 10.9. The van der Waals surface area contributed by atoms with Crippen molar-refractivity contribution in [3.8, 4) is 0 Å². The Balaban J connectivity index is 2.20. The zero-order valence-electron chi connectivity index (χ0n) is 10.5. The standard InChI is InChI=1S/C12H22N4/c1-4-16(5-2)8-12(3)11-10(6-7-15-12)13-9-14-11/h9,15H,4-8H2,1-3H3,(H,13,14). The maximum atomic E-state index is 4.49. The van der Waals surface area contributed by atoms with Gasteiger partial charge in [0.1, 0.15) is 0 Å². The first-order valence-corrected chi connectivity index (χ1v) is 6.19. The first-order valence-electron chi connectivity index (χ1n) is 6.19. The van der Waals surface area contributed by atoms with Crippen molar-refractivity contribution in [1.29, 1.82) is 0 Å². The molecule has 0 saturated heterocycles. The molecule has 2 N–H and O–H groups in total. The van der Waals surface area contributed by atoms with Crippen LogP contribution in [0.4, 0.5) is 0 Å². The van der Waals surface area contributed by atoms with Gasteiger partial charge in [0, 0.05) is 25.2 Å². The average Bonchev–Trinajstić information content (AvgIpc) is 2.76. The summed E-state index contributed by atoms with van der Waals surface area (Å²) in [5.41, 5.74) is 2.50. The van der Waals surface area contributed by atoms with Crippen LogP contribution in [-0.4, -0.2) is 41.0 Å². The number of H-pyrrole nitrogens is 1. The summed E-state index contributed by atoms with van der Waals surface area (Å²) in [4.78, 5) is 10.2. The Morgan fingerprint density at radius 3 is 2.88 bits per heavy atom. The van der Waals surface area contributed by atoms with Crippen LogP contribution >= 0.6 is 0 Å². The molecule has 0 bridgehead atoms. The molecule has 0 spiro atoms. The third-order valence-electron chi connectivity index (χ3n) is 3.57. The molecule has 90 valence electrons. The van der Waals surface area contributed by atoms with Crippen molar-refractivity contribution < 1.29 is 0 Å². The van der Waals surface area contributed by atoms with Gasteiger partial charge >= 0.3 is 0 Å². The van der Waals surface area contributed by atoms with E-state index >= 15 is 0 Å². The van der Waals surface area contributed by atoms with Crippen LogP contribution in [0.5, 0.6) is 0 Å². The molecule has 0 aliphatic carbocycles. The summed E-state index contributed by atoms with van der Waals surface area (Å²) < 4.78 is 0. The van der Waals surface area contributed by atoms with E-state index in [0.29, 0.717) is 0 Å². The molecule has 0 saturated carbocycles. The molecule has 0 amide bonds. The van der Waals surface area contributed by atoms with Crippen molar-refractivity contribution in [2.45, 2.75) is 32.7 Å². The molecule has 1 aliphatic rings. The molecule has 1 aliphatic heterocycles. The Bertz CT molecular complexity index is 343. The molecule has 1 atom stereocenters. The third-order valence-corrected chi connectivity index (χ3v) is 3.57. The first kappa shape index (κ1) is 11.6. The molecule has 1 aromatic rings. The number of fused-ring (bicyclic) bond motifs is 1. The Kier molecular flexibility index (Phi) is 3.30. The molecule has 4 heteroatoms. The molecule has 0 fully saturated rings. The Hall–Kier alpha value is -0.870. The van der Waals surface area contributed by atoms with E-state index in [1.54, 1.807) is 0 Å². The molecule has 0 aromatic carbocycles. The maximum Gasteiger partial charge on any atom is 0.0926 e. The lowest BCUT2D eigenvalue weighted by atomic mass is 9.91. The molecule has 2 heterocycles. The number of nitrogens with zero attached hydrogens (tertiary/aromatic N) is 2. The summed E-state index contributed by atoms with van der Waals surface area (Å²) in [6.07, 6.45) is 2.88. The van der Waals surface area contributed by atoms with Crippen molar-refractivity contribution >= 4 is 0 Å². The molecule has 1 unspecified atom stereocenters. The van der Waals surface area contributed by atoms with Gasteiger partial charge in [0.2, 0.25) is 0 Å². The predicted octanol–water partition coefficient (Wildman–Crippen LogP) is 1.11. The van der Waals surface area contributed by atoms with E-state index in [2.05, 4.69) is 41.0 Å². The summed E-state index contributed by atoms with van der Waals surface area (Å²) in [5, 5.41) is 3.61. The Labute approximate surface area is 97.4 Å². The minimum Gasteiger partial charge on any atom is -0.348 e. The number of aromatic nitrogens is 2. The molecule has 4 nitrogen and oxygen atoms in total. The van der Waals surface area contributed by atoms with E-state index in [1.807, 2.05) is 6.33 Å². The molecule has 0 radical (unpaired) electrons. The van der Waals surface area contributed by atoms with E-state index in [0.717, 1.165) is 32.6 Å². The van der Waals surface area contributed by atoms with Crippen molar-refractivity contribution in [3.63, 3.8) is 0 Å². The van der Waals surface area contributed by atoms with E-state index in [1.165, 1.54) is 11.4 Å². The second-order valence-corrected chi connectivity index (χ2v) is 4.70. The van der Waals surface area contributed by atoms with Crippen LogP contribution in [0.2, 0.25) is 0 Å². The van der Waals surface area contributed by atoms with Gasteiger partial charge in [-0.3, -0.25) is 0 Å². The Morgan fingerprint density at radius 2 is 2.19 bits per heavy atom. The van der Waals surface area contributed by atoms with Gasteiger partial charge in [-0.05, 0) is 20.0 Å². The molecule has 16 heavy (non-hydrogen) atoms. The summed E-state index contributed by atoms with van der Waals surface area (Å²) in [5.74, 6) is 0. The second kappa shape index (κ2) is 4.55. The SMILES string of the molecule is CCN(CC)CC1(C)NCCc2[nH]cnc21. The Morgan fingerprint density at radius 1 is 1.44 bits per heavy atom. The average molecular weight is 222 g/mol. The van der Waals surface area contributed by atoms with Crippen LogP contribution in [0.25, 0.3) is 0 Å². The fourth-order valence-electron chi connectivity index (χ4n) is 2.56. The number of hydrogen-bond donors (Lipinski definition) is 2. The fraction of sp³-hybridized carbons (Fsp3) is 0.750. The summed E-state index contributed by atoms with van der Waals surface area (Å²) in [6, 6.07) is 0. The van der Waals surface area contributed by atoms with Crippen LogP contribution in [-0.2, 0) is 12.0 Å². The quantitative estimate of drug-likeness (QED) is 0.802. The summed E-state index contributed by atoms with van der Waals surface area (Å²) in [7, 11) is 0. The van der Waals surface area contributed by atoms with Crippen LogP contribution in [0.15, 0.2) is 6.33 Å². The highest BCUT2D eigenvalue weighted by Crippen LogP contribution is 2.26. The van der Waals surface area contributed by atoms with Gasteiger partial charge in [-0.2, -0.15) is 0 Å². The van der Waals surface area contributed by atoms with Gasteiger partial charge in [-0.25, -0.2) is 4.98 Å². The lowest BCUT2D eigenvalue weighted by molar-refractivity contribution is 0.194. The highest BCUT2D eigenvalue weighted by molar-refractivity contribution is 5.24. The van der Waals surface area contributed by atoms with Gasteiger partial charge in [0.05, 0.1) is 17.6 Å². The molecule has 2 rings (SSSR count). The van der Waals surface area contributed by atoms with Crippen LogP contribution in [0, 0.1) is 0 Å². The van der Waals surface area contributed by atoms with Gasteiger partial charge in [-0.15, -0.1) is 0 Å². The minimum atomic E-state index is -0.000394. The van der Waals surface area contributed by atoms with E-state index < -0.39 is 0 Å². The number of imidazole rings is 1. The number of hydrogen-bond acceptors (Lipinski definition) is 3. The topological polar surface area (TPSA) is 44.0 Å². The molecular weight excluding hydrogens is 200 g/mol. The monoisotopic (exact) mass is 222 g/mol. The minimum absolute atomic E-state index is 0.000394. The van der Waals surface area contributed by atoms with Crippen LogP contribution < -0.4 is 5.32 Å². The van der Waals surface area contributed by atoms with Crippen molar-refractivity contribution in [1.82, 2.24) is 20.2 Å². The largest absolute Gasteiger partial charge is 0.348 e. The van der Waals surface area contributed by atoms with Gasteiger partial charge in [0.15, 0.2) is 0 Å². The van der Waals surface area contributed by atoms with Crippen LogP contribution in [0.1, 0.15) is 32.2 Å². The fourth-order valence-corrected chi connectivity index (χ4v) is 2.56. The van der Waals surface area contributed by atoms with Gasteiger partial charge in [0.25, 0.3) is 0 Å². The summed E-state index contributed by atoms with van der Waals surface area (Å²) >= 11 is 0.